The van der Waals surface area contributed by atoms with Crippen molar-refractivity contribution < 1.29 is 13.7 Å². The highest BCUT2D eigenvalue weighted by molar-refractivity contribution is 7.85. The summed E-state index contributed by atoms with van der Waals surface area (Å²) in [6.45, 7) is 3.82. The van der Waals surface area contributed by atoms with Gasteiger partial charge >= 0.3 is 5.97 Å². The largest absolute Gasteiger partial charge is 0.457 e. The third-order valence-electron chi connectivity index (χ3n) is 4.29. The standard InChI is InChI=1S/C18H22N2O3S/c1-13(2)24(22)15-9-7-14(8-10-15)18(21)23-17-6-3-5-16(17)20-12-4-11-19-20/h4,7-13,16-17H,3,5-6H2,1-2H3/t16-,17-,24-/m1/s1. The number of nitrogens with zero attached hydrogens (tertiary/aromatic N) is 2. The van der Waals surface area contributed by atoms with E-state index < -0.39 is 10.8 Å². The van der Waals surface area contributed by atoms with Gasteiger partial charge in [0.1, 0.15) is 6.10 Å². The molecule has 24 heavy (non-hydrogen) atoms. The summed E-state index contributed by atoms with van der Waals surface area (Å²) in [6, 6.07) is 8.85. The molecule has 3 atom stereocenters. The number of esters is 1. The summed E-state index contributed by atoms with van der Waals surface area (Å²) in [6.07, 6.45) is 6.34. The second kappa shape index (κ2) is 7.30. The number of carbonyl (C=O) groups is 1. The number of benzene rings is 1. The Kier molecular flexibility index (Phi) is 5.14. The smallest absolute Gasteiger partial charge is 0.338 e. The maximum atomic E-state index is 12.4. The minimum absolute atomic E-state index is 0.0520. The van der Waals surface area contributed by atoms with Gasteiger partial charge in [0.2, 0.25) is 0 Å². The van der Waals surface area contributed by atoms with Crippen LogP contribution in [0.25, 0.3) is 0 Å². The van der Waals surface area contributed by atoms with Crippen molar-refractivity contribution in [1.82, 2.24) is 9.78 Å². The fraction of sp³-hybridized carbons (Fsp3) is 0.444. The molecule has 1 fully saturated rings. The lowest BCUT2D eigenvalue weighted by molar-refractivity contribution is 0.0209. The summed E-state index contributed by atoms with van der Waals surface area (Å²) >= 11 is 0. The Balaban J connectivity index is 1.67. The molecule has 2 aromatic rings. The Morgan fingerprint density at radius 1 is 1.29 bits per heavy atom. The zero-order valence-corrected chi connectivity index (χ0v) is 14.7. The van der Waals surface area contributed by atoms with Crippen LogP contribution in [0, 0.1) is 0 Å². The molecule has 0 radical (unpaired) electrons. The van der Waals surface area contributed by atoms with E-state index in [0.717, 1.165) is 24.2 Å². The first-order chi connectivity index (χ1) is 11.6. The molecule has 0 amide bonds. The number of hydrogen-bond acceptors (Lipinski definition) is 4. The zero-order valence-electron chi connectivity index (χ0n) is 13.9. The number of hydrogen-bond donors (Lipinski definition) is 0. The number of rotatable bonds is 5. The van der Waals surface area contributed by atoms with Crippen molar-refractivity contribution in [2.24, 2.45) is 0 Å². The van der Waals surface area contributed by atoms with Crippen molar-refractivity contribution in [3.05, 3.63) is 48.3 Å². The van der Waals surface area contributed by atoms with Crippen molar-refractivity contribution in [3.63, 3.8) is 0 Å². The van der Waals surface area contributed by atoms with E-state index in [1.807, 2.05) is 30.8 Å². The molecule has 0 bridgehead atoms. The maximum Gasteiger partial charge on any atom is 0.338 e. The molecule has 0 unspecified atom stereocenters. The van der Waals surface area contributed by atoms with Gasteiger partial charge in [-0.1, -0.05) is 13.8 Å². The maximum absolute atomic E-state index is 12.4. The van der Waals surface area contributed by atoms with E-state index in [2.05, 4.69) is 5.10 Å². The minimum Gasteiger partial charge on any atom is -0.457 e. The molecule has 1 aliphatic rings. The Hall–Kier alpha value is -1.95. The molecule has 0 saturated heterocycles. The highest BCUT2D eigenvalue weighted by atomic mass is 32.2. The fourth-order valence-corrected chi connectivity index (χ4v) is 3.97. The Morgan fingerprint density at radius 3 is 2.67 bits per heavy atom. The molecule has 0 aliphatic heterocycles. The molecule has 0 N–H and O–H groups in total. The highest BCUT2D eigenvalue weighted by Gasteiger charge is 2.32. The van der Waals surface area contributed by atoms with Crippen molar-refractivity contribution >= 4 is 16.8 Å². The second-order valence-corrected chi connectivity index (χ2v) is 8.31. The Morgan fingerprint density at radius 2 is 2.04 bits per heavy atom. The molecule has 1 heterocycles. The van der Waals surface area contributed by atoms with Gasteiger partial charge in [0, 0.05) is 22.5 Å². The van der Waals surface area contributed by atoms with Gasteiger partial charge in [0.15, 0.2) is 0 Å². The Bertz CT molecular complexity index is 710. The third-order valence-corrected chi connectivity index (χ3v) is 5.88. The molecule has 1 aromatic heterocycles. The summed E-state index contributed by atoms with van der Waals surface area (Å²) < 4.78 is 19.6. The van der Waals surface area contributed by atoms with Gasteiger partial charge in [-0.25, -0.2) is 4.79 Å². The van der Waals surface area contributed by atoms with Gasteiger partial charge in [0.05, 0.1) is 22.4 Å². The van der Waals surface area contributed by atoms with Crippen LogP contribution in [-0.2, 0) is 15.5 Å². The summed E-state index contributed by atoms with van der Waals surface area (Å²) in [5.74, 6) is -0.332. The molecule has 0 spiro atoms. The van der Waals surface area contributed by atoms with Gasteiger partial charge in [0.25, 0.3) is 0 Å². The van der Waals surface area contributed by atoms with Crippen LogP contribution < -0.4 is 0 Å². The van der Waals surface area contributed by atoms with Gasteiger partial charge < -0.3 is 4.74 Å². The average molecular weight is 346 g/mol. The third kappa shape index (κ3) is 3.59. The van der Waals surface area contributed by atoms with E-state index in [1.54, 1.807) is 30.5 Å². The van der Waals surface area contributed by atoms with Crippen molar-refractivity contribution in [2.75, 3.05) is 0 Å². The molecule has 3 rings (SSSR count). The summed E-state index contributed by atoms with van der Waals surface area (Å²) in [5.41, 5.74) is 0.491. The molecular formula is C18H22N2O3S. The van der Waals surface area contributed by atoms with E-state index in [0.29, 0.717) is 5.56 Å². The minimum atomic E-state index is -1.05. The van der Waals surface area contributed by atoms with Crippen LogP contribution in [0.4, 0.5) is 0 Å². The van der Waals surface area contributed by atoms with E-state index in [9.17, 15) is 9.00 Å². The van der Waals surface area contributed by atoms with Crippen LogP contribution in [0.3, 0.4) is 0 Å². The Labute approximate surface area is 144 Å². The molecular weight excluding hydrogens is 324 g/mol. The normalized spacial score (nSPS) is 21.8. The van der Waals surface area contributed by atoms with Crippen LogP contribution in [0.2, 0.25) is 0 Å². The number of carbonyl (C=O) groups excluding carboxylic acids is 1. The zero-order chi connectivity index (χ0) is 17.1. The van der Waals surface area contributed by atoms with E-state index in [1.165, 1.54) is 0 Å². The lowest BCUT2D eigenvalue weighted by atomic mass is 10.2. The first kappa shape index (κ1) is 16.9. The molecule has 1 aliphatic carbocycles. The number of ether oxygens (including phenoxy) is 1. The summed E-state index contributed by atoms with van der Waals surface area (Å²) in [5, 5.41) is 4.32. The lowest BCUT2D eigenvalue weighted by Crippen LogP contribution is -2.25. The van der Waals surface area contributed by atoms with Crippen LogP contribution in [-0.4, -0.2) is 31.3 Å². The quantitative estimate of drug-likeness (QED) is 0.779. The van der Waals surface area contributed by atoms with Crippen molar-refractivity contribution in [2.45, 2.75) is 55.4 Å². The SMILES string of the molecule is CC(C)[S@@](=O)c1ccc(C(=O)O[C@@H]2CCC[C@H]2n2cccn2)cc1. The molecule has 1 aromatic carbocycles. The fourth-order valence-electron chi connectivity index (χ4n) is 3.03. The van der Waals surface area contributed by atoms with Crippen LogP contribution in [0.1, 0.15) is 49.5 Å². The van der Waals surface area contributed by atoms with Gasteiger partial charge in [-0.05, 0) is 49.6 Å². The van der Waals surface area contributed by atoms with Gasteiger partial charge in [-0.15, -0.1) is 0 Å². The summed E-state index contributed by atoms with van der Waals surface area (Å²) in [4.78, 5) is 13.1. The van der Waals surface area contributed by atoms with Crippen molar-refractivity contribution in [1.29, 1.82) is 0 Å². The molecule has 6 heteroatoms. The van der Waals surface area contributed by atoms with Crippen molar-refractivity contribution in [3.8, 4) is 0 Å². The summed E-state index contributed by atoms with van der Waals surface area (Å²) in [7, 11) is -1.05. The highest BCUT2D eigenvalue weighted by Crippen LogP contribution is 2.32. The first-order valence-corrected chi connectivity index (χ1v) is 9.48. The second-order valence-electron chi connectivity index (χ2n) is 6.30. The van der Waals surface area contributed by atoms with E-state index >= 15 is 0 Å². The van der Waals surface area contributed by atoms with E-state index in [4.69, 9.17) is 4.74 Å². The lowest BCUT2D eigenvalue weighted by Gasteiger charge is -2.20. The van der Waals surface area contributed by atoms with Gasteiger partial charge in [-0.2, -0.15) is 5.10 Å². The van der Waals surface area contributed by atoms with E-state index in [-0.39, 0.29) is 23.4 Å². The molecule has 128 valence electrons. The van der Waals surface area contributed by atoms with Gasteiger partial charge in [-0.3, -0.25) is 8.89 Å². The number of aromatic nitrogens is 2. The monoisotopic (exact) mass is 346 g/mol. The molecule has 5 nitrogen and oxygen atoms in total. The van der Waals surface area contributed by atoms with Crippen LogP contribution >= 0.6 is 0 Å². The van der Waals surface area contributed by atoms with Crippen LogP contribution in [0.15, 0.2) is 47.6 Å². The first-order valence-electron chi connectivity index (χ1n) is 8.27. The predicted octanol–water partition coefficient (Wildman–Crippen LogP) is 3.35. The average Bonchev–Trinajstić information content (AvgIpc) is 3.25. The predicted molar refractivity (Wildman–Crippen MR) is 92.3 cm³/mol. The molecule has 1 saturated carbocycles. The topological polar surface area (TPSA) is 61.2 Å². The van der Waals surface area contributed by atoms with Crippen LogP contribution in [0.5, 0.6) is 0 Å².